The van der Waals surface area contributed by atoms with E-state index in [0.29, 0.717) is 45.7 Å². The molecule has 0 unspecified atom stereocenters. The molecule has 1 N–H and O–H groups in total. The van der Waals surface area contributed by atoms with Gasteiger partial charge in [-0.1, -0.05) is 29.8 Å². The molecular weight excluding hydrogens is 530 g/mol. The first kappa shape index (κ1) is 24.9. The molecule has 1 aromatic heterocycles. The van der Waals surface area contributed by atoms with Crippen molar-refractivity contribution in [1.82, 2.24) is 5.43 Å². The molecule has 0 saturated carbocycles. The highest BCUT2D eigenvalue weighted by molar-refractivity contribution is 9.10. The molecule has 9 nitrogen and oxygen atoms in total. The van der Waals surface area contributed by atoms with Crippen LogP contribution in [0.5, 0.6) is 11.5 Å². The minimum absolute atomic E-state index is 0.0171. The number of furan rings is 1. The molecule has 36 heavy (non-hydrogen) atoms. The van der Waals surface area contributed by atoms with Gasteiger partial charge in [-0.3, -0.25) is 14.9 Å². The number of carbonyl (C=O) groups is 1. The van der Waals surface area contributed by atoms with Gasteiger partial charge in [0.05, 0.1) is 17.7 Å². The van der Waals surface area contributed by atoms with Crippen LogP contribution in [0.2, 0.25) is 0 Å². The van der Waals surface area contributed by atoms with Crippen molar-refractivity contribution in [3.05, 3.63) is 97.7 Å². The number of hydrazone groups is 1. The van der Waals surface area contributed by atoms with E-state index in [1.165, 1.54) is 36.0 Å². The summed E-state index contributed by atoms with van der Waals surface area (Å²) in [5.41, 5.74) is 5.54. The third-order valence-electron chi connectivity index (χ3n) is 5.18. The number of carbonyl (C=O) groups excluding carboxylic acids is 1. The fourth-order valence-corrected chi connectivity index (χ4v) is 3.77. The second-order valence-electron chi connectivity index (χ2n) is 7.82. The van der Waals surface area contributed by atoms with Crippen LogP contribution in [0.15, 0.2) is 74.7 Å². The lowest BCUT2D eigenvalue weighted by Gasteiger charge is -2.14. The van der Waals surface area contributed by atoms with Crippen LogP contribution in [-0.2, 0) is 6.61 Å². The van der Waals surface area contributed by atoms with E-state index in [-0.39, 0.29) is 11.4 Å². The summed E-state index contributed by atoms with van der Waals surface area (Å²) in [4.78, 5) is 22.9. The number of nitrogens with zero attached hydrogens (tertiary/aromatic N) is 2. The average molecular weight is 552 g/mol. The van der Waals surface area contributed by atoms with Crippen LogP contribution < -0.4 is 14.9 Å². The Morgan fingerprint density at radius 2 is 1.86 bits per heavy atom. The first-order valence-electron chi connectivity index (χ1n) is 11.0. The number of hydrogen-bond acceptors (Lipinski definition) is 7. The molecule has 0 fully saturated rings. The first-order valence-corrected chi connectivity index (χ1v) is 11.8. The van der Waals surface area contributed by atoms with Crippen LogP contribution in [0.3, 0.4) is 0 Å². The lowest BCUT2D eigenvalue weighted by atomic mass is 10.1. The van der Waals surface area contributed by atoms with Crippen molar-refractivity contribution in [1.29, 1.82) is 0 Å². The number of fused-ring (bicyclic) bond motifs is 1. The van der Waals surface area contributed by atoms with E-state index in [0.717, 1.165) is 5.56 Å². The zero-order valence-corrected chi connectivity index (χ0v) is 21.1. The topological polar surface area (TPSA) is 116 Å². The van der Waals surface area contributed by atoms with Gasteiger partial charge >= 0.3 is 5.91 Å². The Morgan fingerprint density at radius 3 is 2.58 bits per heavy atom. The second-order valence-corrected chi connectivity index (χ2v) is 8.67. The molecule has 0 spiro atoms. The smallest absolute Gasteiger partial charge is 0.307 e. The van der Waals surface area contributed by atoms with Crippen molar-refractivity contribution in [2.45, 2.75) is 20.5 Å². The van der Waals surface area contributed by atoms with Crippen molar-refractivity contribution in [2.75, 3.05) is 6.61 Å². The Morgan fingerprint density at radius 1 is 1.11 bits per heavy atom. The van der Waals surface area contributed by atoms with Crippen LogP contribution >= 0.6 is 15.9 Å². The molecule has 0 atom stereocenters. The number of ether oxygens (including phenoxy) is 2. The highest BCUT2D eigenvalue weighted by Gasteiger charge is 2.15. The molecular formula is C26H22BrN3O6. The molecule has 4 rings (SSSR count). The molecule has 0 saturated heterocycles. The number of nitro groups is 1. The second kappa shape index (κ2) is 11.0. The minimum Gasteiger partial charge on any atom is -0.490 e. The maximum Gasteiger partial charge on any atom is 0.307 e. The first-order chi connectivity index (χ1) is 17.3. The van der Waals surface area contributed by atoms with Gasteiger partial charge in [0.15, 0.2) is 17.3 Å². The summed E-state index contributed by atoms with van der Waals surface area (Å²) in [6.07, 6.45) is 1.46. The maximum atomic E-state index is 12.5. The van der Waals surface area contributed by atoms with Crippen molar-refractivity contribution in [3.8, 4) is 11.5 Å². The SMILES string of the molecule is CCOc1cc(/C=N\NC(=O)c2cc3cc([N+](=O)[O-])ccc3o2)c(Br)cc1OCc1ccc(C)cc1. The number of hydrogen-bond donors (Lipinski definition) is 1. The molecule has 0 aliphatic rings. The average Bonchev–Trinajstić information content (AvgIpc) is 3.29. The van der Waals surface area contributed by atoms with Crippen LogP contribution in [0.25, 0.3) is 11.0 Å². The number of benzene rings is 3. The number of rotatable bonds is 9. The summed E-state index contributed by atoms with van der Waals surface area (Å²) in [5.74, 6) is 0.502. The maximum absolute atomic E-state index is 12.5. The zero-order valence-electron chi connectivity index (χ0n) is 19.5. The Balaban J connectivity index is 1.46. The van der Waals surface area contributed by atoms with Gasteiger partial charge in [-0.2, -0.15) is 5.10 Å². The van der Waals surface area contributed by atoms with Crippen LogP contribution in [-0.4, -0.2) is 23.7 Å². The van der Waals surface area contributed by atoms with E-state index in [4.69, 9.17) is 13.9 Å². The van der Waals surface area contributed by atoms with Gasteiger partial charge in [0.1, 0.15) is 12.2 Å². The number of nitrogens with one attached hydrogen (secondary N) is 1. The fraction of sp³-hybridized carbons (Fsp3) is 0.154. The molecule has 3 aromatic carbocycles. The standard InChI is InChI=1S/C26H22BrN3O6/c1-3-34-23-12-19(21(27)13-24(23)35-15-17-6-4-16(2)5-7-17)14-28-29-26(31)25-11-18-10-20(30(32)33)8-9-22(18)36-25/h4-14H,3,15H2,1-2H3,(H,29,31)/b28-14-. The Bertz CT molecular complexity index is 1450. The lowest BCUT2D eigenvalue weighted by Crippen LogP contribution is -2.16. The van der Waals surface area contributed by atoms with Crippen molar-refractivity contribution in [2.24, 2.45) is 5.10 Å². The lowest BCUT2D eigenvalue weighted by molar-refractivity contribution is -0.384. The number of halogens is 1. The van der Waals surface area contributed by atoms with Gasteiger partial charge in [0.2, 0.25) is 0 Å². The molecule has 0 bridgehead atoms. The van der Waals surface area contributed by atoms with Gasteiger partial charge in [-0.25, -0.2) is 5.43 Å². The Hall–Kier alpha value is -4.18. The van der Waals surface area contributed by atoms with E-state index in [1.54, 1.807) is 12.1 Å². The van der Waals surface area contributed by atoms with Gasteiger partial charge in [-0.05, 0) is 59.6 Å². The summed E-state index contributed by atoms with van der Waals surface area (Å²) in [5, 5.41) is 15.4. The van der Waals surface area contributed by atoms with Gasteiger partial charge in [-0.15, -0.1) is 0 Å². The number of nitro benzene ring substituents is 1. The monoisotopic (exact) mass is 551 g/mol. The normalized spacial score (nSPS) is 11.1. The molecule has 184 valence electrons. The van der Waals surface area contributed by atoms with Crippen molar-refractivity contribution in [3.63, 3.8) is 0 Å². The molecule has 0 aliphatic heterocycles. The van der Waals surface area contributed by atoms with Crippen molar-refractivity contribution >= 4 is 44.7 Å². The summed E-state index contributed by atoms with van der Waals surface area (Å²) in [6.45, 7) is 4.74. The summed E-state index contributed by atoms with van der Waals surface area (Å²) in [6, 6.07) is 17.2. The summed E-state index contributed by atoms with van der Waals surface area (Å²) in [7, 11) is 0. The highest BCUT2D eigenvalue weighted by Crippen LogP contribution is 2.34. The zero-order chi connectivity index (χ0) is 25.7. The van der Waals surface area contributed by atoms with Gasteiger partial charge in [0, 0.05) is 27.6 Å². The fourth-order valence-electron chi connectivity index (χ4n) is 3.35. The third kappa shape index (κ3) is 5.89. The van der Waals surface area contributed by atoms with E-state index in [1.807, 2.05) is 38.1 Å². The van der Waals surface area contributed by atoms with Gasteiger partial charge in [0.25, 0.3) is 5.69 Å². The largest absolute Gasteiger partial charge is 0.490 e. The molecule has 1 heterocycles. The molecule has 4 aromatic rings. The van der Waals surface area contributed by atoms with Crippen LogP contribution in [0.4, 0.5) is 5.69 Å². The molecule has 0 radical (unpaired) electrons. The number of aryl methyl sites for hydroxylation is 1. The molecule has 0 aliphatic carbocycles. The Labute approximate surface area is 215 Å². The number of amides is 1. The van der Waals surface area contributed by atoms with E-state index in [2.05, 4.69) is 26.5 Å². The highest BCUT2D eigenvalue weighted by atomic mass is 79.9. The molecule has 1 amide bonds. The summed E-state index contributed by atoms with van der Waals surface area (Å²) >= 11 is 3.51. The predicted octanol–water partition coefficient (Wildman–Crippen LogP) is 6.15. The van der Waals surface area contributed by atoms with E-state index < -0.39 is 10.8 Å². The van der Waals surface area contributed by atoms with Crippen LogP contribution in [0, 0.1) is 17.0 Å². The predicted molar refractivity (Wildman–Crippen MR) is 139 cm³/mol. The van der Waals surface area contributed by atoms with Gasteiger partial charge < -0.3 is 13.9 Å². The van der Waals surface area contributed by atoms with Crippen molar-refractivity contribution < 1.29 is 23.6 Å². The summed E-state index contributed by atoms with van der Waals surface area (Å²) < 4.78 is 17.9. The number of non-ortho nitro benzene ring substituents is 1. The third-order valence-corrected chi connectivity index (χ3v) is 5.87. The Kier molecular flexibility index (Phi) is 7.65. The van der Waals surface area contributed by atoms with E-state index >= 15 is 0 Å². The minimum atomic E-state index is -0.593. The van der Waals surface area contributed by atoms with E-state index in [9.17, 15) is 14.9 Å². The van der Waals surface area contributed by atoms with Crippen LogP contribution in [0.1, 0.15) is 34.2 Å². The quantitative estimate of drug-likeness (QED) is 0.151. The molecule has 10 heteroatoms.